The van der Waals surface area contributed by atoms with Gasteiger partial charge in [0, 0.05) is 0 Å². The lowest BCUT2D eigenvalue weighted by molar-refractivity contribution is -0.152. The third kappa shape index (κ3) is 2.20. The maximum absolute atomic E-state index is 9.89. The van der Waals surface area contributed by atoms with Gasteiger partial charge in [0.15, 0.2) is 11.5 Å². The number of carboxylic acids is 2. The largest absolute Gasteiger partial charge is 0.480 e. The smallest absolute Gasteiger partial charge is 0.334 e. The molecule has 0 aliphatic rings. The Morgan fingerprint density at radius 3 is 1.70 bits per heavy atom. The summed E-state index contributed by atoms with van der Waals surface area (Å²) in [7, 11) is 0. The van der Waals surface area contributed by atoms with Gasteiger partial charge in [0.25, 0.3) is 0 Å². The van der Waals surface area contributed by atoms with Crippen LogP contribution in [0.3, 0.4) is 0 Å². The number of hydrogen-bond acceptors (Lipinski definition) is 3. The zero-order valence-corrected chi connectivity index (χ0v) is 5.45. The van der Waals surface area contributed by atoms with Gasteiger partial charge in [0.2, 0.25) is 0 Å². The number of aliphatic hydroxyl groups excluding tert-OH is 1. The molecule has 0 saturated heterocycles. The van der Waals surface area contributed by atoms with Crippen LogP contribution in [0.25, 0.3) is 0 Å². The van der Waals surface area contributed by atoms with E-state index in [-0.39, 0.29) is 0 Å². The number of halogens is 1. The summed E-state index contributed by atoms with van der Waals surface area (Å²) >= 11 is 4.93. The molecule has 58 valence electrons. The van der Waals surface area contributed by atoms with Crippen molar-refractivity contribution in [3.63, 3.8) is 0 Å². The second-order valence-corrected chi connectivity index (χ2v) is 1.99. The van der Waals surface area contributed by atoms with Gasteiger partial charge in [-0.05, 0) is 0 Å². The maximum atomic E-state index is 9.89. The van der Waals surface area contributed by atoms with E-state index in [4.69, 9.17) is 26.9 Å². The first-order chi connectivity index (χ1) is 4.46. The first-order valence-corrected chi connectivity index (χ1v) is 2.68. The predicted molar refractivity (Wildman–Crippen MR) is 30.9 cm³/mol. The van der Waals surface area contributed by atoms with Crippen LogP contribution >= 0.6 is 11.6 Å². The van der Waals surface area contributed by atoms with E-state index < -0.39 is 23.4 Å². The first-order valence-electron chi connectivity index (χ1n) is 2.24. The number of aliphatic carboxylic acids is 2. The van der Waals surface area contributed by atoms with E-state index in [1.54, 1.807) is 0 Å². The molecule has 0 radical (unpaired) electrons. The molecule has 3 N–H and O–H groups in total. The third-order valence-electron chi connectivity index (χ3n) is 0.766. The van der Waals surface area contributed by atoms with Crippen LogP contribution in [0.1, 0.15) is 0 Å². The molecule has 0 heterocycles. The molecule has 0 aliphatic heterocycles. The quantitative estimate of drug-likeness (QED) is 0.476. The topological polar surface area (TPSA) is 94.8 Å². The zero-order valence-electron chi connectivity index (χ0n) is 4.69. The molecule has 0 fully saturated rings. The molecule has 0 rings (SSSR count). The molecule has 0 saturated carbocycles. The molecule has 0 aromatic heterocycles. The zero-order chi connectivity index (χ0) is 8.31. The van der Waals surface area contributed by atoms with Crippen molar-refractivity contribution in [2.75, 3.05) is 0 Å². The Labute approximate surface area is 60.8 Å². The van der Waals surface area contributed by atoms with Crippen LogP contribution in [-0.2, 0) is 9.59 Å². The van der Waals surface area contributed by atoms with Crippen molar-refractivity contribution in [3.8, 4) is 0 Å². The lowest BCUT2D eigenvalue weighted by atomic mass is 10.2. The number of alkyl halides is 1. The summed E-state index contributed by atoms with van der Waals surface area (Å²) in [5, 5.41) is 22.7. The molecular weight excluding hydrogens is 163 g/mol. The van der Waals surface area contributed by atoms with Gasteiger partial charge in [0.1, 0.15) is 0 Å². The minimum atomic E-state index is -2.06. The SMILES string of the molecule is O=C(O)C(O)C(Cl)C(=O)O. The van der Waals surface area contributed by atoms with Gasteiger partial charge in [0.05, 0.1) is 0 Å². The van der Waals surface area contributed by atoms with Crippen molar-refractivity contribution in [1.29, 1.82) is 0 Å². The Bertz CT molecular complexity index is 138. The van der Waals surface area contributed by atoms with Crippen molar-refractivity contribution >= 4 is 23.5 Å². The lowest BCUT2D eigenvalue weighted by Crippen LogP contribution is -2.35. The van der Waals surface area contributed by atoms with Crippen molar-refractivity contribution in [2.24, 2.45) is 0 Å². The van der Waals surface area contributed by atoms with Crippen molar-refractivity contribution in [1.82, 2.24) is 0 Å². The average Bonchev–Trinajstić information content (AvgIpc) is 1.84. The van der Waals surface area contributed by atoms with E-state index in [9.17, 15) is 9.59 Å². The first kappa shape index (κ1) is 9.19. The molecule has 6 heteroatoms. The third-order valence-corrected chi connectivity index (χ3v) is 1.19. The molecule has 0 spiro atoms. The molecule has 0 bridgehead atoms. The molecule has 2 unspecified atom stereocenters. The maximum Gasteiger partial charge on any atom is 0.334 e. The van der Waals surface area contributed by atoms with E-state index in [0.717, 1.165) is 0 Å². The highest BCUT2D eigenvalue weighted by molar-refractivity contribution is 6.31. The number of rotatable bonds is 3. The summed E-state index contributed by atoms with van der Waals surface area (Å²) in [5.41, 5.74) is 0. The average molecular weight is 169 g/mol. The van der Waals surface area contributed by atoms with Crippen LogP contribution in [0.4, 0.5) is 0 Å². The predicted octanol–water partition coefficient (Wildman–Crippen LogP) is -0.876. The molecule has 0 aromatic rings. The standard InChI is InChI=1S/C4H5ClO5/c5-1(3(7)8)2(6)4(9)10/h1-2,6H,(H,7,8)(H,9,10). The van der Waals surface area contributed by atoms with Gasteiger partial charge < -0.3 is 15.3 Å². The van der Waals surface area contributed by atoms with E-state index in [2.05, 4.69) is 0 Å². The van der Waals surface area contributed by atoms with Gasteiger partial charge in [-0.1, -0.05) is 0 Å². The van der Waals surface area contributed by atoms with Crippen LogP contribution in [0, 0.1) is 0 Å². The highest BCUT2D eigenvalue weighted by Gasteiger charge is 2.29. The second kappa shape index (κ2) is 3.38. The Kier molecular flexibility index (Phi) is 3.11. The summed E-state index contributed by atoms with van der Waals surface area (Å²) in [6.07, 6.45) is -2.06. The number of hydrogen-bond donors (Lipinski definition) is 3. The van der Waals surface area contributed by atoms with Crippen LogP contribution in [0.5, 0.6) is 0 Å². The number of carboxylic acid groups (broad SMARTS) is 2. The summed E-state index contributed by atoms with van der Waals surface area (Å²) in [6.45, 7) is 0. The minimum Gasteiger partial charge on any atom is -0.480 e. The van der Waals surface area contributed by atoms with Gasteiger partial charge >= 0.3 is 11.9 Å². The molecule has 5 nitrogen and oxygen atoms in total. The van der Waals surface area contributed by atoms with Crippen molar-refractivity contribution in [3.05, 3.63) is 0 Å². The Morgan fingerprint density at radius 1 is 1.20 bits per heavy atom. The van der Waals surface area contributed by atoms with Gasteiger partial charge in [-0.3, -0.25) is 4.79 Å². The normalized spacial score (nSPS) is 15.8. The monoisotopic (exact) mass is 168 g/mol. The van der Waals surface area contributed by atoms with Crippen molar-refractivity contribution < 1.29 is 24.9 Å². The van der Waals surface area contributed by atoms with E-state index in [0.29, 0.717) is 0 Å². The fraction of sp³-hybridized carbons (Fsp3) is 0.500. The molecule has 2 atom stereocenters. The summed E-state index contributed by atoms with van der Waals surface area (Å²) in [4.78, 5) is 19.7. The van der Waals surface area contributed by atoms with Gasteiger partial charge in [-0.2, -0.15) is 0 Å². The van der Waals surface area contributed by atoms with Crippen LogP contribution in [-0.4, -0.2) is 38.7 Å². The highest BCUT2D eigenvalue weighted by Crippen LogP contribution is 2.02. The molecule has 10 heavy (non-hydrogen) atoms. The Morgan fingerprint density at radius 2 is 1.60 bits per heavy atom. The van der Waals surface area contributed by atoms with Crippen LogP contribution in [0.2, 0.25) is 0 Å². The number of aliphatic hydroxyl groups is 1. The van der Waals surface area contributed by atoms with Gasteiger partial charge in [-0.25, -0.2) is 4.79 Å². The van der Waals surface area contributed by atoms with E-state index in [1.165, 1.54) is 0 Å². The summed E-state index contributed by atoms with van der Waals surface area (Å²) in [6, 6.07) is 0. The van der Waals surface area contributed by atoms with E-state index in [1.807, 2.05) is 0 Å². The molecular formula is C4H5ClO5. The minimum absolute atomic E-state index is 1.56. The number of carbonyl (C=O) groups is 2. The van der Waals surface area contributed by atoms with E-state index >= 15 is 0 Å². The molecule has 0 aliphatic carbocycles. The Hall–Kier alpha value is -0.810. The van der Waals surface area contributed by atoms with Crippen LogP contribution < -0.4 is 0 Å². The molecule has 0 aromatic carbocycles. The lowest BCUT2D eigenvalue weighted by Gasteiger charge is -2.06. The van der Waals surface area contributed by atoms with Crippen molar-refractivity contribution in [2.45, 2.75) is 11.5 Å². The second-order valence-electron chi connectivity index (χ2n) is 1.52. The summed E-state index contributed by atoms with van der Waals surface area (Å²) < 4.78 is 0. The Balaban J connectivity index is 4.07. The fourth-order valence-electron chi connectivity index (χ4n) is 0.260. The highest BCUT2D eigenvalue weighted by atomic mass is 35.5. The summed E-state index contributed by atoms with van der Waals surface area (Å²) in [5.74, 6) is -3.21. The van der Waals surface area contributed by atoms with Crippen LogP contribution in [0.15, 0.2) is 0 Å². The fourth-order valence-corrected chi connectivity index (χ4v) is 0.368. The van der Waals surface area contributed by atoms with Gasteiger partial charge in [-0.15, -0.1) is 11.6 Å². The molecule has 0 amide bonds.